The maximum atomic E-state index is 5.94. The van der Waals surface area contributed by atoms with E-state index >= 15 is 0 Å². The van der Waals surface area contributed by atoms with Crippen LogP contribution in [0.2, 0.25) is 5.82 Å². The van der Waals surface area contributed by atoms with Crippen LogP contribution in [0, 0.1) is 5.92 Å². The Bertz CT molecular complexity index is 311. The summed E-state index contributed by atoms with van der Waals surface area (Å²) in [5.41, 5.74) is 0. The summed E-state index contributed by atoms with van der Waals surface area (Å²) in [5.74, 6) is 2.33. The fourth-order valence-corrected chi connectivity index (χ4v) is 4.21. The number of ether oxygens (including phenoxy) is 2. The fourth-order valence-electron chi connectivity index (χ4n) is 2.55. The molecule has 0 N–H and O–H groups in total. The molecule has 2 atom stereocenters. The van der Waals surface area contributed by atoms with Gasteiger partial charge >= 0.3 is 117 Å². The predicted octanol–water partition coefficient (Wildman–Crippen LogP) is 2.46. The van der Waals surface area contributed by atoms with E-state index in [4.69, 9.17) is 9.47 Å². The first-order valence-electron chi connectivity index (χ1n) is 6.84. The molecular formula is C14H25NO2Se. The van der Waals surface area contributed by atoms with Crippen LogP contribution in [0.25, 0.3) is 0 Å². The first kappa shape index (κ1) is 14.4. The summed E-state index contributed by atoms with van der Waals surface area (Å²) in [4.78, 5) is 2.55. The zero-order valence-electron chi connectivity index (χ0n) is 11.9. The molecule has 0 aromatic carbocycles. The normalized spacial score (nSPS) is 29.9. The maximum absolute atomic E-state index is 5.94. The molecule has 2 heterocycles. The van der Waals surface area contributed by atoms with Crippen molar-refractivity contribution in [2.75, 3.05) is 19.7 Å². The molecule has 0 aromatic heterocycles. The molecule has 2 rings (SSSR count). The van der Waals surface area contributed by atoms with Gasteiger partial charge in [-0.1, -0.05) is 0 Å². The Morgan fingerprint density at radius 3 is 2.56 bits per heavy atom. The van der Waals surface area contributed by atoms with Crippen molar-refractivity contribution in [1.82, 2.24) is 4.90 Å². The second-order valence-electron chi connectivity index (χ2n) is 5.63. The van der Waals surface area contributed by atoms with E-state index < -0.39 is 5.79 Å². The van der Waals surface area contributed by atoms with Gasteiger partial charge in [-0.25, -0.2) is 0 Å². The van der Waals surface area contributed by atoms with Crippen molar-refractivity contribution in [3.8, 4) is 0 Å². The molecule has 4 heteroatoms. The second kappa shape index (κ2) is 5.96. The van der Waals surface area contributed by atoms with Gasteiger partial charge in [0, 0.05) is 0 Å². The Hall–Kier alpha value is -0.0205. The summed E-state index contributed by atoms with van der Waals surface area (Å²) in [7, 11) is 0. The third kappa shape index (κ3) is 3.51. The Kier molecular flexibility index (Phi) is 4.76. The monoisotopic (exact) mass is 319 g/mol. The van der Waals surface area contributed by atoms with E-state index in [-0.39, 0.29) is 6.10 Å². The molecule has 2 saturated heterocycles. The van der Waals surface area contributed by atoms with Crippen molar-refractivity contribution in [3.05, 3.63) is 10.7 Å². The van der Waals surface area contributed by atoms with Gasteiger partial charge in [-0.05, 0) is 0 Å². The van der Waals surface area contributed by atoms with Crippen LogP contribution in [-0.4, -0.2) is 51.4 Å². The molecule has 2 aliphatic rings. The summed E-state index contributed by atoms with van der Waals surface area (Å²) >= 11 is 0.563. The van der Waals surface area contributed by atoms with E-state index in [0.717, 1.165) is 0 Å². The molecule has 18 heavy (non-hydrogen) atoms. The van der Waals surface area contributed by atoms with Gasteiger partial charge in [0.15, 0.2) is 0 Å². The number of likely N-dealkylation sites (tertiary alicyclic amines) is 1. The van der Waals surface area contributed by atoms with Crippen LogP contribution in [0.4, 0.5) is 0 Å². The van der Waals surface area contributed by atoms with Crippen molar-refractivity contribution < 1.29 is 9.47 Å². The van der Waals surface area contributed by atoms with Gasteiger partial charge in [-0.3, -0.25) is 0 Å². The summed E-state index contributed by atoms with van der Waals surface area (Å²) in [5, 5.41) is 0. The van der Waals surface area contributed by atoms with Gasteiger partial charge in [0.25, 0.3) is 0 Å². The third-order valence-electron chi connectivity index (χ3n) is 3.65. The molecule has 0 aliphatic carbocycles. The van der Waals surface area contributed by atoms with Crippen LogP contribution in [0.15, 0.2) is 10.7 Å². The Morgan fingerprint density at radius 1 is 1.39 bits per heavy atom. The average Bonchev–Trinajstić information content (AvgIpc) is 2.94. The van der Waals surface area contributed by atoms with Crippen molar-refractivity contribution >= 4 is 15.0 Å². The zero-order chi connectivity index (χ0) is 13.2. The number of rotatable bonds is 4. The predicted molar refractivity (Wildman–Crippen MR) is 74.6 cm³/mol. The van der Waals surface area contributed by atoms with Crippen LogP contribution in [-0.2, 0) is 9.47 Å². The zero-order valence-corrected chi connectivity index (χ0v) is 13.7. The van der Waals surface area contributed by atoms with E-state index in [1.165, 1.54) is 25.9 Å². The van der Waals surface area contributed by atoms with Crippen LogP contribution >= 0.6 is 0 Å². The average molecular weight is 318 g/mol. The second-order valence-corrected chi connectivity index (χ2v) is 7.36. The molecule has 0 saturated carbocycles. The van der Waals surface area contributed by atoms with E-state index in [2.05, 4.69) is 23.7 Å². The number of nitrogens with zero attached hydrogens (tertiary/aromatic N) is 1. The molecule has 0 bridgehead atoms. The first-order chi connectivity index (χ1) is 8.52. The van der Waals surface area contributed by atoms with Gasteiger partial charge in [0.1, 0.15) is 0 Å². The molecular weight excluding hydrogens is 293 g/mol. The Morgan fingerprint density at radius 2 is 2.06 bits per heavy atom. The molecule has 2 aliphatic heterocycles. The molecule has 104 valence electrons. The quantitative estimate of drug-likeness (QED) is 0.743. The van der Waals surface area contributed by atoms with Gasteiger partial charge in [0.2, 0.25) is 0 Å². The van der Waals surface area contributed by atoms with Gasteiger partial charge < -0.3 is 0 Å². The standard InChI is InChI=1S/C14H25NO2Se/c1-11(12-10-16-14(2,3)17-12)9-13(18-4)15-7-5-6-8-15/h9,11-12H,5-8,10H2,1-4H3/b13-9-/t11?,12-/m1/s1. The van der Waals surface area contributed by atoms with Gasteiger partial charge in [0.05, 0.1) is 0 Å². The number of hydrogen-bond acceptors (Lipinski definition) is 3. The topological polar surface area (TPSA) is 21.7 Å². The van der Waals surface area contributed by atoms with Crippen molar-refractivity contribution in [3.63, 3.8) is 0 Å². The van der Waals surface area contributed by atoms with Crippen molar-refractivity contribution in [2.45, 2.75) is 51.3 Å². The Balaban J connectivity index is 1.97. The minimum absolute atomic E-state index is 0.208. The molecule has 1 unspecified atom stereocenters. The molecule has 0 aromatic rings. The molecule has 0 spiro atoms. The van der Waals surface area contributed by atoms with E-state index in [0.29, 0.717) is 27.5 Å². The van der Waals surface area contributed by atoms with Crippen LogP contribution in [0.5, 0.6) is 0 Å². The van der Waals surface area contributed by atoms with Crippen LogP contribution in [0.1, 0.15) is 33.6 Å². The van der Waals surface area contributed by atoms with E-state index in [1.54, 1.807) is 4.60 Å². The third-order valence-corrected chi connectivity index (χ3v) is 5.35. The molecule has 0 radical (unpaired) electrons. The Labute approximate surface area is 117 Å². The summed E-state index contributed by atoms with van der Waals surface area (Å²) < 4.78 is 13.1. The first-order valence-corrected chi connectivity index (χ1v) is 9.41. The molecule has 3 nitrogen and oxygen atoms in total. The van der Waals surface area contributed by atoms with Crippen LogP contribution < -0.4 is 0 Å². The van der Waals surface area contributed by atoms with Crippen molar-refractivity contribution in [2.24, 2.45) is 5.92 Å². The summed E-state index contributed by atoms with van der Waals surface area (Å²) in [6.07, 6.45) is 5.32. The van der Waals surface area contributed by atoms with E-state index in [1.807, 2.05) is 13.8 Å². The molecule has 2 fully saturated rings. The van der Waals surface area contributed by atoms with Gasteiger partial charge in [-0.15, -0.1) is 0 Å². The van der Waals surface area contributed by atoms with Crippen molar-refractivity contribution in [1.29, 1.82) is 0 Å². The fraction of sp³-hybridized carbons (Fsp3) is 0.857. The summed E-state index contributed by atoms with van der Waals surface area (Å²) in [6, 6.07) is 0. The number of hydrogen-bond donors (Lipinski definition) is 0. The minimum atomic E-state index is -0.405. The summed E-state index contributed by atoms with van der Waals surface area (Å²) in [6.45, 7) is 9.43. The van der Waals surface area contributed by atoms with Gasteiger partial charge in [-0.2, -0.15) is 0 Å². The van der Waals surface area contributed by atoms with E-state index in [9.17, 15) is 0 Å². The molecule has 0 amide bonds. The van der Waals surface area contributed by atoms with Crippen LogP contribution in [0.3, 0.4) is 0 Å². The SMILES string of the molecule is C[Se]/C(=C\C(C)[C@H]1COC(C)(C)O1)N1CCCC1.